The Labute approximate surface area is 143 Å². The Hall–Kier alpha value is -2.07. The van der Waals surface area contributed by atoms with E-state index >= 15 is 0 Å². The first-order valence-electron chi connectivity index (χ1n) is 8.69. The van der Waals surface area contributed by atoms with Crippen LogP contribution in [0.3, 0.4) is 0 Å². The lowest BCUT2D eigenvalue weighted by molar-refractivity contribution is 0.0473. The molecular formula is C20H26N2O2. The van der Waals surface area contributed by atoms with Crippen molar-refractivity contribution in [1.29, 1.82) is 0 Å². The average Bonchev–Trinajstić information content (AvgIpc) is 2.89. The fourth-order valence-corrected chi connectivity index (χ4v) is 3.78. The summed E-state index contributed by atoms with van der Waals surface area (Å²) in [5.74, 6) is 0.0355. The molecule has 1 aliphatic rings. The number of aromatic nitrogens is 1. The lowest BCUT2D eigenvalue weighted by Crippen LogP contribution is -2.42. The second-order valence-corrected chi connectivity index (χ2v) is 6.79. The number of aliphatic hydroxyl groups is 1. The van der Waals surface area contributed by atoms with Gasteiger partial charge in [0.2, 0.25) is 0 Å². The van der Waals surface area contributed by atoms with Gasteiger partial charge in [0.1, 0.15) is 0 Å². The molecule has 0 aliphatic carbocycles. The van der Waals surface area contributed by atoms with E-state index in [1.54, 1.807) is 4.90 Å². The fraction of sp³-hybridized carbons (Fsp3) is 0.450. The van der Waals surface area contributed by atoms with E-state index in [1.807, 2.05) is 38.1 Å². The highest BCUT2D eigenvalue weighted by atomic mass is 16.3. The molecule has 2 aromatic rings. The molecule has 2 atom stereocenters. The summed E-state index contributed by atoms with van der Waals surface area (Å²) >= 11 is 0. The molecule has 1 N–H and O–H groups in total. The van der Waals surface area contributed by atoms with Crippen LogP contribution < -0.4 is 0 Å². The van der Waals surface area contributed by atoms with E-state index in [1.165, 1.54) is 5.56 Å². The first-order chi connectivity index (χ1) is 11.5. The molecule has 4 heteroatoms. The number of piperidine rings is 1. The summed E-state index contributed by atoms with van der Waals surface area (Å²) in [7, 11) is 0. The van der Waals surface area contributed by atoms with Gasteiger partial charge in [-0.3, -0.25) is 4.79 Å². The number of β-amino-alcohol motifs (C(OH)–C–C–N with tert-alkyl or cyclic N) is 1. The number of hydrogen-bond acceptors (Lipinski definition) is 2. The molecule has 1 aliphatic heterocycles. The van der Waals surface area contributed by atoms with Gasteiger partial charge in [-0.2, -0.15) is 0 Å². The number of aliphatic hydroxyl groups excluding tert-OH is 1. The molecule has 4 nitrogen and oxygen atoms in total. The third-order valence-corrected chi connectivity index (χ3v) is 5.07. The summed E-state index contributed by atoms with van der Waals surface area (Å²) in [6, 6.07) is 12.5. The molecule has 2 unspecified atom stereocenters. The van der Waals surface area contributed by atoms with Gasteiger partial charge in [-0.1, -0.05) is 30.3 Å². The van der Waals surface area contributed by atoms with Gasteiger partial charge in [0, 0.05) is 24.5 Å². The number of rotatable bonds is 3. The van der Waals surface area contributed by atoms with E-state index in [9.17, 15) is 9.90 Å². The third kappa shape index (κ3) is 3.11. The van der Waals surface area contributed by atoms with Crippen LogP contribution in [0.25, 0.3) is 0 Å². The van der Waals surface area contributed by atoms with Crippen molar-refractivity contribution < 1.29 is 9.90 Å². The van der Waals surface area contributed by atoms with Crippen molar-refractivity contribution >= 4 is 5.91 Å². The van der Waals surface area contributed by atoms with Crippen LogP contribution in [0.1, 0.15) is 53.1 Å². The molecule has 24 heavy (non-hydrogen) atoms. The predicted octanol–water partition coefficient (Wildman–Crippen LogP) is 3.31. The van der Waals surface area contributed by atoms with Crippen LogP contribution in [-0.2, 0) is 0 Å². The number of amides is 1. The van der Waals surface area contributed by atoms with Gasteiger partial charge in [0.05, 0.1) is 17.7 Å². The molecule has 1 saturated heterocycles. The summed E-state index contributed by atoms with van der Waals surface area (Å²) in [4.78, 5) is 14.7. The summed E-state index contributed by atoms with van der Waals surface area (Å²) in [6.07, 6.45) is 1.26. The molecule has 0 spiro atoms. The minimum absolute atomic E-state index is 0.0355. The van der Waals surface area contributed by atoms with Crippen molar-refractivity contribution in [2.75, 3.05) is 13.1 Å². The zero-order valence-electron chi connectivity index (χ0n) is 14.7. The summed E-state index contributed by atoms with van der Waals surface area (Å²) in [6.45, 7) is 7.40. The highest BCUT2D eigenvalue weighted by molar-refractivity contribution is 5.95. The molecule has 3 rings (SSSR count). The largest absolute Gasteiger partial charge is 0.391 e. The fourth-order valence-electron chi connectivity index (χ4n) is 3.78. The van der Waals surface area contributed by atoms with E-state index in [0.717, 1.165) is 36.3 Å². The van der Waals surface area contributed by atoms with Crippen LogP contribution >= 0.6 is 0 Å². The summed E-state index contributed by atoms with van der Waals surface area (Å²) in [5.41, 5.74) is 4.06. The Bertz CT molecular complexity index is 721. The van der Waals surface area contributed by atoms with Crippen LogP contribution in [0.4, 0.5) is 0 Å². The molecule has 1 aromatic heterocycles. The molecular weight excluding hydrogens is 300 g/mol. The minimum atomic E-state index is -0.394. The van der Waals surface area contributed by atoms with Crippen LogP contribution in [-0.4, -0.2) is 39.7 Å². The molecule has 1 fully saturated rings. The van der Waals surface area contributed by atoms with Gasteiger partial charge in [0.25, 0.3) is 5.91 Å². The number of likely N-dealkylation sites (tertiary alicyclic amines) is 1. The van der Waals surface area contributed by atoms with E-state index in [2.05, 4.69) is 23.6 Å². The zero-order chi connectivity index (χ0) is 17.3. The van der Waals surface area contributed by atoms with Crippen molar-refractivity contribution in [1.82, 2.24) is 9.47 Å². The first-order valence-corrected chi connectivity index (χ1v) is 8.69. The quantitative estimate of drug-likeness (QED) is 0.940. The highest BCUT2D eigenvalue weighted by Crippen LogP contribution is 2.27. The van der Waals surface area contributed by atoms with Gasteiger partial charge < -0.3 is 14.6 Å². The van der Waals surface area contributed by atoms with Crippen LogP contribution in [0.5, 0.6) is 0 Å². The molecule has 128 valence electrons. The maximum atomic E-state index is 12.9. The first kappa shape index (κ1) is 16.8. The predicted molar refractivity (Wildman–Crippen MR) is 95.3 cm³/mol. The normalized spacial score (nSPS) is 19.3. The number of carbonyl (C=O) groups is 1. The van der Waals surface area contributed by atoms with Crippen molar-refractivity contribution in [2.45, 2.75) is 45.8 Å². The van der Waals surface area contributed by atoms with Crippen LogP contribution in [0.15, 0.2) is 36.4 Å². The number of aryl methyl sites for hydroxylation is 1. The van der Waals surface area contributed by atoms with E-state index in [4.69, 9.17) is 0 Å². The van der Waals surface area contributed by atoms with E-state index in [-0.39, 0.29) is 11.9 Å². The molecule has 0 saturated carbocycles. The van der Waals surface area contributed by atoms with Gasteiger partial charge in [-0.25, -0.2) is 0 Å². The number of benzene rings is 1. The Morgan fingerprint density at radius 1 is 1.25 bits per heavy atom. The topological polar surface area (TPSA) is 45.5 Å². The molecule has 0 bridgehead atoms. The third-order valence-electron chi connectivity index (χ3n) is 5.07. The van der Waals surface area contributed by atoms with Gasteiger partial charge in [0.15, 0.2) is 0 Å². The average molecular weight is 326 g/mol. The Morgan fingerprint density at radius 3 is 2.62 bits per heavy atom. The zero-order valence-corrected chi connectivity index (χ0v) is 14.7. The van der Waals surface area contributed by atoms with Crippen molar-refractivity contribution in [3.8, 4) is 0 Å². The van der Waals surface area contributed by atoms with Crippen LogP contribution in [0, 0.1) is 13.8 Å². The highest BCUT2D eigenvalue weighted by Gasteiger charge is 2.26. The van der Waals surface area contributed by atoms with Crippen molar-refractivity contribution in [3.05, 3.63) is 58.9 Å². The molecule has 0 radical (unpaired) electrons. The standard InChI is InChI=1S/C20H26N2O2/c1-14-12-19(20(24)21-11-7-10-18(23)13-21)16(3)22(14)15(2)17-8-5-4-6-9-17/h4-6,8-9,12,15,18,23H,7,10-11,13H2,1-3H3. The lowest BCUT2D eigenvalue weighted by Gasteiger charge is -2.30. The maximum absolute atomic E-state index is 12.9. The van der Waals surface area contributed by atoms with Crippen molar-refractivity contribution in [2.24, 2.45) is 0 Å². The van der Waals surface area contributed by atoms with E-state index in [0.29, 0.717) is 6.54 Å². The Kier molecular flexibility index (Phi) is 4.76. The van der Waals surface area contributed by atoms with E-state index < -0.39 is 6.10 Å². The van der Waals surface area contributed by atoms with Gasteiger partial charge in [-0.05, 0) is 45.2 Å². The summed E-state index contributed by atoms with van der Waals surface area (Å²) in [5, 5.41) is 9.84. The van der Waals surface area contributed by atoms with Gasteiger partial charge in [-0.15, -0.1) is 0 Å². The Morgan fingerprint density at radius 2 is 1.96 bits per heavy atom. The monoisotopic (exact) mass is 326 g/mol. The second-order valence-electron chi connectivity index (χ2n) is 6.79. The number of hydrogen-bond donors (Lipinski definition) is 1. The maximum Gasteiger partial charge on any atom is 0.255 e. The number of nitrogens with zero attached hydrogens (tertiary/aromatic N) is 2. The Balaban J connectivity index is 1.90. The minimum Gasteiger partial charge on any atom is -0.391 e. The second kappa shape index (κ2) is 6.81. The van der Waals surface area contributed by atoms with Gasteiger partial charge >= 0.3 is 0 Å². The smallest absolute Gasteiger partial charge is 0.255 e. The van der Waals surface area contributed by atoms with Crippen molar-refractivity contribution in [3.63, 3.8) is 0 Å². The number of carbonyl (C=O) groups excluding carboxylic acids is 1. The summed E-state index contributed by atoms with van der Waals surface area (Å²) < 4.78 is 2.23. The molecule has 1 aromatic carbocycles. The molecule has 2 heterocycles. The molecule has 1 amide bonds. The SMILES string of the molecule is Cc1cc(C(=O)N2CCCC(O)C2)c(C)n1C(C)c1ccccc1. The lowest BCUT2D eigenvalue weighted by atomic mass is 10.1. The van der Waals surface area contributed by atoms with Crippen LogP contribution in [0.2, 0.25) is 0 Å².